The third kappa shape index (κ3) is 4.53. The van der Waals surface area contributed by atoms with E-state index in [-0.39, 0.29) is 12.5 Å². The topological polar surface area (TPSA) is 65.7 Å². The van der Waals surface area contributed by atoms with Crippen molar-refractivity contribution < 1.29 is 32.6 Å². The molecule has 1 saturated heterocycles. The van der Waals surface area contributed by atoms with E-state index in [0.717, 1.165) is 83.3 Å². The fourth-order valence-electron chi connectivity index (χ4n) is 6.88. The third-order valence-corrected chi connectivity index (χ3v) is 8.64. The van der Waals surface area contributed by atoms with Crippen molar-refractivity contribution >= 4 is 5.91 Å². The van der Waals surface area contributed by atoms with Crippen LogP contribution in [-0.2, 0) is 28.7 Å². The largest absolute Gasteiger partial charge is 0.422 e. The zero-order valence-electron chi connectivity index (χ0n) is 19.6. The van der Waals surface area contributed by atoms with Gasteiger partial charge in [0.05, 0.1) is 18.4 Å². The molecule has 5 rings (SSSR count). The molecule has 0 bridgehead atoms. The highest BCUT2D eigenvalue weighted by Gasteiger charge is 2.53. The van der Waals surface area contributed by atoms with Gasteiger partial charge in [0.2, 0.25) is 17.8 Å². The van der Waals surface area contributed by atoms with Gasteiger partial charge in [0.15, 0.2) is 0 Å². The number of halogens is 3. The number of nitrogens with one attached hydrogen (secondary N) is 1. The summed E-state index contributed by atoms with van der Waals surface area (Å²) in [6.45, 7) is 2.08. The van der Waals surface area contributed by atoms with Gasteiger partial charge in [-0.05, 0) is 56.9 Å². The Morgan fingerprint density at radius 2 is 1.88 bits per heavy atom. The molecule has 2 N–H and O–H groups in total. The second kappa shape index (κ2) is 9.30. The van der Waals surface area contributed by atoms with Crippen molar-refractivity contribution in [3.8, 4) is 0 Å². The average Bonchev–Trinajstić information content (AvgIpc) is 3.49. The molecule has 6 nitrogen and oxygen atoms in total. The minimum Gasteiger partial charge on any atom is -0.381 e. The summed E-state index contributed by atoms with van der Waals surface area (Å²) in [6, 6.07) is 1.81. The Hall–Kier alpha value is -1.87. The lowest BCUT2D eigenvalue weighted by molar-refractivity contribution is -0.910. The summed E-state index contributed by atoms with van der Waals surface area (Å²) >= 11 is 0. The molecule has 2 atom stereocenters. The normalized spacial score (nSPS) is 28.9. The van der Waals surface area contributed by atoms with E-state index < -0.39 is 17.2 Å². The number of aromatic nitrogens is 1. The zero-order valence-corrected chi connectivity index (χ0v) is 19.6. The summed E-state index contributed by atoms with van der Waals surface area (Å²) in [6.07, 6.45) is 5.48. The van der Waals surface area contributed by atoms with Gasteiger partial charge in [-0.3, -0.25) is 10.0 Å². The van der Waals surface area contributed by atoms with Crippen LogP contribution >= 0.6 is 0 Å². The highest BCUT2D eigenvalue weighted by Crippen LogP contribution is 2.52. The summed E-state index contributed by atoms with van der Waals surface area (Å²) in [5, 5.41) is 13.9. The predicted octanol–water partition coefficient (Wildman–Crippen LogP) is 3.61. The molecule has 1 aromatic heterocycles. The Bertz CT molecular complexity index is 913. The van der Waals surface area contributed by atoms with Gasteiger partial charge in [0.1, 0.15) is 5.56 Å². The van der Waals surface area contributed by atoms with Crippen molar-refractivity contribution in [3.63, 3.8) is 0 Å². The van der Waals surface area contributed by atoms with Crippen LogP contribution in [0.15, 0.2) is 12.3 Å². The number of hydrogen-bond donors (Lipinski definition) is 2. The molecule has 2 saturated carbocycles. The maximum atomic E-state index is 14.1. The van der Waals surface area contributed by atoms with Crippen LogP contribution in [0.4, 0.5) is 13.2 Å². The fraction of sp³-hybridized carbons (Fsp3) is 0.760. The molecule has 0 aromatic carbocycles. The number of alkyl halides is 3. The number of nitrogens with zero attached hydrogens (tertiary/aromatic N) is 2. The smallest absolute Gasteiger partial charge is 0.381 e. The van der Waals surface area contributed by atoms with Crippen molar-refractivity contribution in [2.45, 2.75) is 89.0 Å². The van der Waals surface area contributed by atoms with E-state index in [1.807, 2.05) is 0 Å². The minimum absolute atomic E-state index is 0.100. The number of amides is 1. The Morgan fingerprint density at radius 3 is 2.59 bits per heavy atom. The molecular weight excluding hydrogens is 447 g/mol. The molecule has 188 valence electrons. The van der Waals surface area contributed by atoms with Crippen molar-refractivity contribution in [1.82, 2.24) is 10.2 Å². The molecule has 2 aliphatic carbocycles. The number of pyridine rings is 1. The molecule has 1 unspecified atom stereocenters. The van der Waals surface area contributed by atoms with Crippen molar-refractivity contribution in [3.05, 3.63) is 29.1 Å². The first-order valence-electron chi connectivity index (χ1n) is 12.7. The second-order valence-electron chi connectivity index (χ2n) is 10.7. The van der Waals surface area contributed by atoms with E-state index in [0.29, 0.717) is 47.0 Å². The highest BCUT2D eigenvalue weighted by atomic mass is 19.4. The third-order valence-electron chi connectivity index (χ3n) is 8.64. The summed E-state index contributed by atoms with van der Waals surface area (Å²) in [5.74, 6) is 0.440. The number of ether oxygens (including phenoxy) is 1. The molecular formula is C25H35F3N3O3+. The lowest BCUT2D eigenvalue weighted by Gasteiger charge is -2.40. The molecule has 34 heavy (non-hydrogen) atoms. The Labute approximate surface area is 198 Å². The lowest BCUT2D eigenvalue weighted by Crippen LogP contribution is -2.51. The van der Waals surface area contributed by atoms with Crippen LogP contribution in [0.3, 0.4) is 0 Å². The number of fused-ring (bicyclic) bond motifs is 1. The van der Waals surface area contributed by atoms with E-state index >= 15 is 0 Å². The van der Waals surface area contributed by atoms with Crippen LogP contribution < -0.4 is 10.0 Å². The first kappa shape index (κ1) is 23.9. The van der Waals surface area contributed by atoms with Crippen LogP contribution in [0.25, 0.3) is 0 Å². The van der Waals surface area contributed by atoms with Crippen molar-refractivity contribution in [2.24, 2.45) is 11.3 Å². The minimum atomic E-state index is -4.55. The highest BCUT2D eigenvalue weighted by molar-refractivity contribution is 5.84. The Balaban J connectivity index is 1.36. The molecule has 1 aromatic rings. The van der Waals surface area contributed by atoms with E-state index in [4.69, 9.17) is 4.74 Å². The SMILES string of the molecule is O=C(N1CCc2c(cc(C(F)(F)F)c[n+]2O)C1)[C@@]1(C2CCCC2)CCC(NC2CCOCC2)C1. The van der Waals surface area contributed by atoms with Crippen LogP contribution in [-0.4, -0.2) is 47.9 Å². The molecule has 3 fully saturated rings. The molecule has 0 radical (unpaired) electrons. The van der Waals surface area contributed by atoms with Crippen molar-refractivity contribution in [1.29, 1.82) is 0 Å². The standard InChI is InChI=1S/C25H35F3N3O3/c26-25(27,28)19-13-17-15-30(10-6-22(17)31(33)16-19)23(32)24(18-3-1-2-4-18)9-5-21(14-24)29-20-7-11-34-12-8-20/h13,16,18,20-21,29,33H,1-12,14-15H2/q+1/t21?,24-/m0/s1. The fourth-order valence-corrected chi connectivity index (χ4v) is 6.88. The molecule has 1 amide bonds. The zero-order chi connectivity index (χ0) is 23.9. The number of hydrogen-bond acceptors (Lipinski definition) is 4. The van der Waals surface area contributed by atoms with Gasteiger partial charge in [-0.1, -0.05) is 12.8 Å². The summed E-state index contributed by atoms with van der Waals surface area (Å²) in [4.78, 5) is 15.9. The first-order chi connectivity index (χ1) is 16.3. The van der Waals surface area contributed by atoms with Crippen LogP contribution in [0, 0.1) is 11.3 Å². The van der Waals surface area contributed by atoms with Gasteiger partial charge in [-0.15, -0.1) is 0 Å². The first-order valence-corrected chi connectivity index (χ1v) is 12.7. The van der Waals surface area contributed by atoms with Gasteiger partial charge in [0, 0.05) is 42.1 Å². The van der Waals surface area contributed by atoms with E-state index in [1.165, 1.54) is 0 Å². The van der Waals surface area contributed by atoms with Gasteiger partial charge in [-0.2, -0.15) is 13.2 Å². The maximum Gasteiger partial charge on any atom is 0.422 e. The Kier molecular flexibility index (Phi) is 6.52. The molecule has 4 aliphatic rings. The number of rotatable bonds is 4. The Morgan fingerprint density at radius 1 is 1.15 bits per heavy atom. The van der Waals surface area contributed by atoms with Gasteiger partial charge in [-0.25, -0.2) is 0 Å². The molecule has 3 heterocycles. The van der Waals surface area contributed by atoms with Crippen molar-refractivity contribution in [2.75, 3.05) is 19.8 Å². The number of carbonyl (C=O) groups excluding carboxylic acids is 1. The van der Waals surface area contributed by atoms with Crippen LogP contribution in [0.2, 0.25) is 0 Å². The average molecular weight is 483 g/mol. The number of carbonyl (C=O) groups is 1. The van der Waals surface area contributed by atoms with Crippen LogP contribution in [0.5, 0.6) is 0 Å². The predicted molar refractivity (Wildman–Crippen MR) is 117 cm³/mol. The van der Waals surface area contributed by atoms with Gasteiger partial charge < -0.3 is 15.0 Å². The second-order valence-corrected chi connectivity index (χ2v) is 10.7. The van der Waals surface area contributed by atoms with E-state index in [9.17, 15) is 23.2 Å². The summed E-state index contributed by atoms with van der Waals surface area (Å²) < 4.78 is 46.0. The monoisotopic (exact) mass is 482 g/mol. The molecule has 2 aliphatic heterocycles. The summed E-state index contributed by atoms with van der Waals surface area (Å²) in [7, 11) is 0. The summed E-state index contributed by atoms with van der Waals surface area (Å²) in [5.41, 5.74) is -0.492. The molecule has 9 heteroatoms. The maximum absolute atomic E-state index is 14.1. The lowest BCUT2D eigenvalue weighted by atomic mass is 9.71. The quantitative estimate of drug-likeness (QED) is 0.508. The molecule has 0 spiro atoms. The van der Waals surface area contributed by atoms with Crippen LogP contribution in [0.1, 0.15) is 74.6 Å². The van der Waals surface area contributed by atoms with E-state index in [1.54, 1.807) is 4.90 Å². The van der Waals surface area contributed by atoms with E-state index in [2.05, 4.69) is 5.32 Å². The van der Waals surface area contributed by atoms with Gasteiger partial charge in [0.25, 0.3) is 0 Å². The van der Waals surface area contributed by atoms with Gasteiger partial charge >= 0.3 is 6.18 Å².